The minimum atomic E-state index is -0.371. The van der Waals surface area contributed by atoms with Gasteiger partial charge in [0, 0.05) is 11.6 Å². The van der Waals surface area contributed by atoms with Crippen molar-refractivity contribution < 1.29 is 14.6 Å². The zero-order valence-corrected chi connectivity index (χ0v) is 10.1. The summed E-state index contributed by atoms with van der Waals surface area (Å²) in [5.41, 5.74) is 0.609. The van der Waals surface area contributed by atoms with Crippen LogP contribution < -0.4 is 0 Å². The van der Waals surface area contributed by atoms with Crippen molar-refractivity contribution in [3.05, 3.63) is 35.9 Å². The maximum atomic E-state index is 11.3. The number of carbonyl (C=O) groups excluding carboxylic acids is 1. The van der Waals surface area contributed by atoms with Gasteiger partial charge < -0.3 is 9.84 Å². The Kier molecular flexibility index (Phi) is 5.86. The van der Waals surface area contributed by atoms with E-state index in [2.05, 4.69) is 6.92 Å². The van der Waals surface area contributed by atoms with E-state index in [-0.39, 0.29) is 11.7 Å². The second-order valence-corrected chi connectivity index (χ2v) is 3.77. The van der Waals surface area contributed by atoms with E-state index in [1.165, 1.54) is 6.08 Å². The van der Waals surface area contributed by atoms with Gasteiger partial charge in [-0.25, -0.2) is 4.79 Å². The van der Waals surface area contributed by atoms with Gasteiger partial charge in [-0.15, -0.1) is 0 Å². The van der Waals surface area contributed by atoms with Crippen molar-refractivity contribution in [2.45, 2.75) is 26.2 Å². The molecule has 0 heterocycles. The first-order chi connectivity index (χ1) is 8.24. The van der Waals surface area contributed by atoms with Crippen LogP contribution in [0.25, 0.3) is 6.08 Å². The third kappa shape index (κ3) is 5.20. The molecular weight excluding hydrogens is 216 g/mol. The molecule has 1 rings (SSSR count). The molecule has 92 valence electrons. The van der Waals surface area contributed by atoms with Gasteiger partial charge in [-0.2, -0.15) is 0 Å². The third-order valence-corrected chi connectivity index (χ3v) is 2.33. The van der Waals surface area contributed by atoms with Crippen LogP contribution in [0.15, 0.2) is 30.3 Å². The summed E-state index contributed by atoms with van der Waals surface area (Å²) in [6, 6.07) is 6.84. The highest BCUT2D eigenvalue weighted by atomic mass is 16.5. The van der Waals surface area contributed by atoms with Gasteiger partial charge in [0.1, 0.15) is 5.75 Å². The van der Waals surface area contributed by atoms with Gasteiger partial charge in [-0.1, -0.05) is 38.0 Å². The van der Waals surface area contributed by atoms with Crippen LogP contribution in [0.5, 0.6) is 5.75 Å². The Balaban J connectivity index is 2.38. The number of phenols is 1. The third-order valence-electron chi connectivity index (χ3n) is 2.33. The minimum absolute atomic E-state index is 0.155. The van der Waals surface area contributed by atoms with Gasteiger partial charge in [0.25, 0.3) is 0 Å². The van der Waals surface area contributed by atoms with Crippen LogP contribution in [0.3, 0.4) is 0 Å². The van der Waals surface area contributed by atoms with Crippen molar-refractivity contribution >= 4 is 12.0 Å². The number of para-hydroxylation sites is 1. The van der Waals surface area contributed by atoms with Crippen LogP contribution in [-0.4, -0.2) is 17.7 Å². The first-order valence-electron chi connectivity index (χ1n) is 5.87. The molecule has 0 saturated heterocycles. The monoisotopic (exact) mass is 234 g/mol. The van der Waals surface area contributed by atoms with Crippen molar-refractivity contribution in [3.8, 4) is 5.75 Å². The van der Waals surface area contributed by atoms with E-state index in [0.29, 0.717) is 12.2 Å². The highest BCUT2D eigenvalue weighted by molar-refractivity contribution is 5.87. The number of unbranched alkanes of at least 4 members (excludes halogenated alkanes) is 2. The Bertz CT molecular complexity index is 383. The molecule has 1 N–H and O–H groups in total. The van der Waals surface area contributed by atoms with E-state index in [1.807, 2.05) is 0 Å². The summed E-state index contributed by atoms with van der Waals surface area (Å²) in [5, 5.41) is 9.47. The van der Waals surface area contributed by atoms with Gasteiger partial charge in [0.05, 0.1) is 6.61 Å². The molecule has 17 heavy (non-hydrogen) atoms. The van der Waals surface area contributed by atoms with E-state index < -0.39 is 0 Å². The first-order valence-corrected chi connectivity index (χ1v) is 5.87. The number of carbonyl (C=O) groups is 1. The molecule has 0 fully saturated rings. The zero-order valence-electron chi connectivity index (χ0n) is 10.1. The molecule has 0 aliphatic carbocycles. The van der Waals surface area contributed by atoms with E-state index in [1.54, 1.807) is 30.3 Å². The Labute approximate surface area is 102 Å². The summed E-state index contributed by atoms with van der Waals surface area (Å²) >= 11 is 0. The van der Waals surface area contributed by atoms with Crippen LogP contribution in [0.1, 0.15) is 31.7 Å². The fourth-order valence-electron chi connectivity index (χ4n) is 1.36. The molecule has 1 aromatic carbocycles. The number of rotatable bonds is 6. The second kappa shape index (κ2) is 7.49. The van der Waals surface area contributed by atoms with Crippen molar-refractivity contribution in [2.75, 3.05) is 6.61 Å². The summed E-state index contributed by atoms with van der Waals surface area (Å²) in [4.78, 5) is 11.3. The fraction of sp³-hybridized carbons (Fsp3) is 0.357. The molecule has 0 amide bonds. The molecule has 1 aromatic rings. The molecule has 0 aliphatic heterocycles. The van der Waals surface area contributed by atoms with Crippen molar-refractivity contribution in [2.24, 2.45) is 0 Å². The molecule has 3 nitrogen and oxygen atoms in total. The number of phenolic OH excluding ortho intramolecular Hbond substituents is 1. The summed E-state index contributed by atoms with van der Waals surface area (Å²) in [6.07, 6.45) is 5.95. The Hall–Kier alpha value is -1.77. The number of hydrogen-bond donors (Lipinski definition) is 1. The second-order valence-electron chi connectivity index (χ2n) is 3.77. The van der Waals surface area contributed by atoms with Gasteiger partial charge >= 0.3 is 5.97 Å². The zero-order chi connectivity index (χ0) is 12.5. The lowest BCUT2D eigenvalue weighted by atomic mass is 10.2. The maximum absolute atomic E-state index is 11.3. The summed E-state index contributed by atoms with van der Waals surface area (Å²) < 4.78 is 5.00. The Morgan fingerprint density at radius 1 is 1.35 bits per heavy atom. The van der Waals surface area contributed by atoms with E-state index in [0.717, 1.165) is 19.3 Å². The van der Waals surface area contributed by atoms with Crippen molar-refractivity contribution in [1.29, 1.82) is 0 Å². The number of aromatic hydroxyl groups is 1. The maximum Gasteiger partial charge on any atom is 0.330 e. The standard InChI is InChI=1S/C14H18O3/c1-2-3-6-11-17-14(16)10-9-12-7-4-5-8-13(12)15/h4-5,7-10,15H,2-3,6,11H2,1H3/b10-9+. The van der Waals surface area contributed by atoms with Gasteiger partial charge in [-0.3, -0.25) is 0 Å². The lowest BCUT2D eigenvalue weighted by Crippen LogP contribution is -2.01. The lowest BCUT2D eigenvalue weighted by molar-refractivity contribution is -0.137. The lowest BCUT2D eigenvalue weighted by Gasteiger charge is -2.00. The predicted molar refractivity (Wildman–Crippen MR) is 67.6 cm³/mol. The average molecular weight is 234 g/mol. The van der Waals surface area contributed by atoms with E-state index in [9.17, 15) is 9.90 Å². The van der Waals surface area contributed by atoms with Crippen LogP contribution in [0.2, 0.25) is 0 Å². The van der Waals surface area contributed by atoms with Crippen LogP contribution in [0.4, 0.5) is 0 Å². The molecule has 0 unspecified atom stereocenters. The summed E-state index contributed by atoms with van der Waals surface area (Å²) in [6.45, 7) is 2.55. The average Bonchev–Trinajstić information content (AvgIpc) is 2.34. The number of esters is 1. The van der Waals surface area contributed by atoms with Gasteiger partial charge in [0.15, 0.2) is 0 Å². The number of benzene rings is 1. The highest BCUT2D eigenvalue weighted by Gasteiger charge is 1.98. The molecule has 0 saturated carbocycles. The smallest absolute Gasteiger partial charge is 0.330 e. The van der Waals surface area contributed by atoms with Crippen molar-refractivity contribution in [3.63, 3.8) is 0 Å². The molecule has 0 bridgehead atoms. The van der Waals surface area contributed by atoms with E-state index >= 15 is 0 Å². The molecule has 0 aromatic heterocycles. The number of ether oxygens (including phenoxy) is 1. The summed E-state index contributed by atoms with van der Waals surface area (Å²) in [5.74, 6) is -0.216. The van der Waals surface area contributed by atoms with Gasteiger partial charge in [0.2, 0.25) is 0 Å². The fourth-order valence-corrected chi connectivity index (χ4v) is 1.36. The molecule has 0 radical (unpaired) electrons. The number of hydrogen-bond acceptors (Lipinski definition) is 3. The largest absolute Gasteiger partial charge is 0.507 e. The molecule has 0 aliphatic rings. The normalized spacial score (nSPS) is 10.6. The molecular formula is C14H18O3. The Morgan fingerprint density at radius 3 is 2.82 bits per heavy atom. The molecule has 3 heteroatoms. The van der Waals surface area contributed by atoms with E-state index in [4.69, 9.17) is 4.74 Å². The minimum Gasteiger partial charge on any atom is -0.507 e. The predicted octanol–water partition coefficient (Wildman–Crippen LogP) is 3.14. The highest BCUT2D eigenvalue weighted by Crippen LogP contribution is 2.16. The van der Waals surface area contributed by atoms with Gasteiger partial charge in [-0.05, 0) is 18.6 Å². The van der Waals surface area contributed by atoms with Crippen molar-refractivity contribution in [1.82, 2.24) is 0 Å². The first kappa shape index (κ1) is 13.3. The van der Waals surface area contributed by atoms with Crippen LogP contribution in [-0.2, 0) is 9.53 Å². The Morgan fingerprint density at radius 2 is 2.12 bits per heavy atom. The van der Waals surface area contributed by atoms with Crippen LogP contribution in [0, 0.1) is 0 Å². The summed E-state index contributed by atoms with van der Waals surface area (Å²) in [7, 11) is 0. The quantitative estimate of drug-likeness (QED) is 0.467. The SMILES string of the molecule is CCCCCOC(=O)/C=C/c1ccccc1O. The molecule has 0 spiro atoms. The van der Waals surface area contributed by atoms with Crippen LogP contribution >= 0.6 is 0 Å². The topological polar surface area (TPSA) is 46.5 Å². The molecule has 0 atom stereocenters.